The number of thioether (sulfide) groups is 1. The second-order valence-electron chi connectivity index (χ2n) is 10.0. The SMILES string of the molecule is CCOc1cc(C2C(C(=O)Nc3cccc(C)c3C)=C(C)Nc3nc(SCc4ccccc4Cl)nn32)cc(Br)c1OCC. The van der Waals surface area contributed by atoms with Crippen molar-refractivity contribution < 1.29 is 14.3 Å². The van der Waals surface area contributed by atoms with Crippen molar-refractivity contribution in [3.05, 3.63) is 97.6 Å². The van der Waals surface area contributed by atoms with Gasteiger partial charge in [-0.3, -0.25) is 4.79 Å². The highest BCUT2D eigenvalue weighted by molar-refractivity contribution is 9.10. The lowest BCUT2D eigenvalue weighted by Crippen LogP contribution is -2.31. The average Bonchev–Trinajstić information content (AvgIpc) is 3.38. The molecular formula is C32H33BrClN5O3S. The lowest BCUT2D eigenvalue weighted by molar-refractivity contribution is -0.113. The maximum Gasteiger partial charge on any atom is 0.255 e. The summed E-state index contributed by atoms with van der Waals surface area (Å²) in [5.41, 5.74) is 5.84. The first-order valence-corrected chi connectivity index (χ1v) is 16.1. The van der Waals surface area contributed by atoms with Crippen LogP contribution in [0.4, 0.5) is 11.6 Å². The molecule has 1 aromatic heterocycles. The van der Waals surface area contributed by atoms with Crippen LogP contribution in [0.1, 0.15) is 49.1 Å². The number of carbonyl (C=O) groups excluding carboxylic acids is 1. The summed E-state index contributed by atoms with van der Waals surface area (Å²) in [4.78, 5) is 18.9. The van der Waals surface area contributed by atoms with Crippen LogP contribution in [0.3, 0.4) is 0 Å². The number of hydrogen-bond donors (Lipinski definition) is 2. The van der Waals surface area contributed by atoms with Crippen molar-refractivity contribution in [3.63, 3.8) is 0 Å². The summed E-state index contributed by atoms with van der Waals surface area (Å²) in [6, 6.07) is 16.8. The van der Waals surface area contributed by atoms with E-state index >= 15 is 0 Å². The van der Waals surface area contributed by atoms with E-state index in [9.17, 15) is 4.79 Å². The Morgan fingerprint density at radius 3 is 2.60 bits per heavy atom. The summed E-state index contributed by atoms with van der Waals surface area (Å²) in [6.45, 7) is 10.7. The number of fused-ring (bicyclic) bond motifs is 1. The summed E-state index contributed by atoms with van der Waals surface area (Å²) >= 11 is 11.6. The number of anilines is 2. The van der Waals surface area contributed by atoms with E-state index < -0.39 is 6.04 Å². The summed E-state index contributed by atoms with van der Waals surface area (Å²) < 4.78 is 14.4. The van der Waals surface area contributed by atoms with Gasteiger partial charge in [0.25, 0.3) is 5.91 Å². The summed E-state index contributed by atoms with van der Waals surface area (Å²) in [5, 5.41) is 12.6. The number of nitrogens with zero attached hydrogens (tertiary/aromatic N) is 3. The number of amides is 1. The van der Waals surface area contributed by atoms with Crippen LogP contribution in [0.15, 0.2) is 75.5 Å². The van der Waals surface area contributed by atoms with E-state index in [0.29, 0.717) is 57.9 Å². The minimum Gasteiger partial charge on any atom is -0.490 e. The van der Waals surface area contributed by atoms with E-state index in [1.165, 1.54) is 11.8 Å². The monoisotopic (exact) mass is 681 g/mol. The zero-order chi connectivity index (χ0) is 30.7. The molecular weight excluding hydrogens is 650 g/mol. The third-order valence-electron chi connectivity index (χ3n) is 7.18. The normalized spacial score (nSPS) is 14.3. The second-order valence-corrected chi connectivity index (χ2v) is 12.2. The molecule has 0 fully saturated rings. The Labute approximate surface area is 269 Å². The summed E-state index contributed by atoms with van der Waals surface area (Å²) in [7, 11) is 0. The fourth-order valence-electron chi connectivity index (χ4n) is 4.92. The molecule has 0 spiro atoms. The zero-order valence-electron chi connectivity index (χ0n) is 24.6. The highest BCUT2D eigenvalue weighted by Gasteiger charge is 2.35. The van der Waals surface area contributed by atoms with Gasteiger partial charge in [0.15, 0.2) is 11.5 Å². The van der Waals surface area contributed by atoms with Gasteiger partial charge in [0.2, 0.25) is 11.1 Å². The molecule has 43 heavy (non-hydrogen) atoms. The predicted octanol–water partition coefficient (Wildman–Crippen LogP) is 8.33. The first kappa shape index (κ1) is 31.0. The van der Waals surface area contributed by atoms with Crippen LogP contribution in [0, 0.1) is 13.8 Å². The fourth-order valence-corrected chi connectivity index (χ4v) is 6.61. The molecule has 0 aliphatic carbocycles. The number of hydrogen-bond acceptors (Lipinski definition) is 7. The maximum absolute atomic E-state index is 14.1. The number of allylic oxidation sites excluding steroid dienone is 1. The van der Waals surface area contributed by atoms with E-state index in [4.69, 9.17) is 31.2 Å². The molecule has 1 unspecified atom stereocenters. The quantitative estimate of drug-likeness (QED) is 0.163. The van der Waals surface area contributed by atoms with Gasteiger partial charge in [-0.25, -0.2) is 4.68 Å². The van der Waals surface area contributed by atoms with Crippen LogP contribution in [-0.2, 0) is 10.5 Å². The van der Waals surface area contributed by atoms with Gasteiger partial charge in [0, 0.05) is 22.2 Å². The van der Waals surface area contributed by atoms with Gasteiger partial charge in [0.05, 0.1) is 23.3 Å². The molecule has 3 aromatic carbocycles. The lowest BCUT2D eigenvalue weighted by atomic mass is 9.94. The van der Waals surface area contributed by atoms with Crippen molar-refractivity contribution in [3.8, 4) is 11.5 Å². The van der Waals surface area contributed by atoms with Gasteiger partial charge in [0.1, 0.15) is 6.04 Å². The van der Waals surface area contributed by atoms with Gasteiger partial charge >= 0.3 is 0 Å². The van der Waals surface area contributed by atoms with Gasteiger partial charge < -0.3 is 20.1 Å². The van der Waals surface area contributed by atoms with Gasteiger partial charge in [-0.15, -0.1) is 5.10 Å². The number of aryl methyl sites for hydroxylation is 1. The van der Waals surface area contributed by atoms with Crippen LogP contribution >= 0.6 is 39.3 Å². The Morgan fingerprint density at radius 1 is 1.09 bits per heavy atom. The lowest BCUT2D eigenvalue weighted by Gasteiger charge is -2.29. The Morgan fingerprint density at radius 2 is 1.86 bits per heavy atom. The number of rotatable bonds is 10. The molecule has 1 atom stereocenters. The molecule has 4 aromatic rings. The Hall–Kier alpha value is -3.47. The molecule has 0 bridgehead atoms. The van der Waals surface area contributed by atoms with Gasteiger partial charge in [-0.05, 0) is 97.1 Å². The first-order valence-electron chi connectivity index (χ1n) is 14.0. The smallest absolute Gasteiger partial charge is 0.255 e. The number of benzene rings is 3. The maximum atomic E-state index is 14.1. The summed E-state index contributed by atoms with van der Waals surface area (Å²) in [6.07, 6.45) is 0. The molecule has 8 nitrogen and oxygen atoms in total. The first-order chi connectivity index (χ1) is 20.7. The van der Waals surface area contributed by atoms with E-state index in [-0.39, 0.29) is 5.91 Å². The van der Waals surface area contributed by atoms with Crippen molar-refractivity contribution in [1.29, 1.82) is 0 Å². The standard InChI is InChI=1S/C32H33BrClN5O3S/c1-6-41-26-16-22(15-23(33)29(26)42-7-2)28-27(30(40)36-25-14-10-11-18(3)19(25)4)20(5)35-31-37-32(38-39(28)31)43-17-21-12-8-9-13-24(21)34/h8-16,28H,6-7,17H2,1-5H3,(H,36,40)(H,35,37,38). The number of carbonyl (C=O) groups is 1. The molecule has 224 valence electrons. The molecule has 1 aliphatic heterocycles. The number of ether oxygens (including phenoxy) is 2. The van der Waals surface area contributed by atoms with Crippen LogP contribution in [0.25, 0.3) is 0 Å². The van der Waals surface area contributed by atoms with Crippen molar-refractivity contribution in [2.24, 2.45) is 0 Å². The topological polar surface area (TPSA) is 90.3 Å². The fraction of sp³-hybridized carbons (Fsp3) is 0.281. The number of nitrogens with one attached hydrogen (secondary N) is 2. The van der Waals surface area contributed by atoms with Gasteiger partial charge in [-0.2, -0.15) is 4.98 Å². The minimum absolute atomic E-state index is 0.238. The molecule has 2 heterocycles. The largest absolute Gasteiger partial charge is 0.490 e. The average molecular weight is 683 g/mol. The van der Waals surface area contributed by atoms with Crippen molar-refractivity contribution in [1.82, 2.24) is 14.8 Å². The van der Waals surface area contributed by atoms with Crippen molar-refractivity contribution in [2.45, 2.75) is 51.6 Å². The molecule has 1 aliphatic rings. The molecule has 11 heteroatoms. The van der Waals surface area contributed by atoms with E-state index in [2.05, 4.69) is 26.6 Å². The molecule has 0 saturated carbocycles. The molecule has 2 N–H and O–H groups in total. The Bertz CT molecular complexity index is 1710. The van der Waals surface area contributed by atoms with E-state index in [1.807, 2.05) is 89.2 Å². The third-order valence-corrected chi connectivity index (χ3v) is 9.03. The third kappa shape index (κ3) is 6.56. The van der Waals surface area contributed by atoms with Crippen molar-refractivity contribution >= 4 is 56.8 Å². The number of aromatic nitrogens is 3. The van der Waals surface area contributed by atoms with Crippen LogP contribution < -0.4 is 20.1 Å². The summed E-state index contributed by atoms with van der Waals surface area (Å²) in [5.74, 6) is 2.09. The Kier molecular flexibility index (Phi) is 9.68. The van der Waals surface area contributed by atoms with Crippen LogP contribution in [0.5, 0.6) is 11.5 Å². The second kappa shape index (κ2) is 13.4. The Balaban J connectivity index is 1.59. The minimum atomic E-state index is -0.602. The predicted molar refractivity (Wildman–Crippen MR) is 177 cm³/mol. The molecule has 0 saturated heterocycles. The van der Waals surface area contributed by atoms with Crippen LogP contribution in [-0.4, -0.2) is 33.9 Å². The number of halogens is 2. The van der Waals surface area contributed by atoms with Gasteiger partial charge in [-0.1, -0.05) is 53.7 Å². The molecule has 0 radical (unpaired) electrons. The van der Waals surface area contributed by atoms with E-state index in [1.54, 1.807) is 4.68 Å². The van der Waals surface area contributed by atoms with E-state index in [0.717, 1.165) is 32.4 Å². The molecule has 5 rings (SSSR count). The highest BCUT2D eigenvalue weighted by Crippen LogP contribution is 2.43. The van der Waals surface area contributed by atoms with Crippen molar-refractivity contribution in [2.75, 3.05) is 23.8 Å². The highest BCUT2D eigenvalue weighted by atomic mass is 79.9. The molecule has 1 amide bonds. The zero-order valence-corrected chi connectivity index (χ0v) is 27.8. The van der Waals surface area contributed by atoms with Crippen LogP contribution in [0.2, 0.25) is 5.02 Å².